The predicted molar refractivity (Wildman–Crippen MR) is 116 cm³/mol. The number of alkyl carbamates (subject to hydrolysis) is 1. The number of ether oxygens (including phenoxy) is 1. The van der Waals surface area contributed by atoms with Crippen LogP contribution in [0.25, 0.3) is 0 Å². The van der Waals surface area contributed by atoms with Gasteiger partial charge >= 0.3 is 12.1 Å². The molecule has 172 valence electrons. The summed E-state index contributed by atoms with van der Waals surface area (Å²) in [5, 5.41) is 15.2. The first-order valence-corrected chi connectivity index (χ1v) is 12.1. The van der Waals surface area contributed by atoms with E-state index in [0.717, 1.165) is 48.5 Å². The van der Waals surface area contributed by atoms with Crippen molar-refractivity contribution in [3.63, 3.8) is 0 Å². The Kier molecular flexibility index (Phi) is 6.39. The summed E-state index contributed by atoms with van der Waals surface area (Å²) in [6.45, 7) is 8.95. The van der Waals surface area contributed by atoms with Crippen LogP contribution in [0.4, 0.5) is 9.59 Å². The molecule has 3 amide bonds. The molecule has 1 N–H and O–H groups in total. The summed E-state index contributed by atoms with van der Waals surface area (Å²) in [5.74, 6) is 0.297. The van der Waals surface area contributed by atoms with Crippen LogP contribution >= 0.6 is 11.3 Å². The number of hydroxylamine groups is 2. The Morgan fingerprint density at radius 1 is 1.23 bits per heavy atom. The molecule has 1 aromatic rings. The van der Waals surface area contributed by atoms with E-state index in [1.54, 1.807) is 16.4 Å². The summed E-state index contributed by atoms with van der Waals surface area (Å²) in [5.41, 5.74) is -0.496. The number of carbonyl (C=O) groups excluding carboxylic acids is 2. The second kappa shape index (κ2) is 8.90. The SMILES string of the molecule is CCCCON1C(=O)N2C[C@@H]1CC[C@H]2c1nnc(C2CC(NC(=O)OC(C)(C)C)C2)s1. The third-order valence-electron chi connectivity index (χ3n) is 6.00. The van der Waals surface area contributed by atoms with Crippen molar-refractivity contribution in [2.75, 3.05) is 13.2 Å². The van der Waals surface area contributed by atoms with Gasteiger partial charge in [-0.05, 0) is 52.9 Å². The number of nitrogens with one attached hydrogen (secondary N) is 1. The largest absolute Gasteiger partial charge is 0.444 e. The molecule has 2 aliphatic heterocycles. The number of nitrogens with zero attached hydrogens (tertiary/aromatic N) is 4. The highest BCUT2D eigenvalue weighted by Crippen LogP contribution is 2.43. The molecule has 10 heteroatoms. The lowest BCUT2D eigenvalue weighted by atomic mass is 9.81. The number of fused-ring (bicyclic) bond motifs is 2. The van der Waals surface area contributed by atoms with Gasteiger partial charge in [-0.15, -0.1) is 10.2 Å². The molecule has 3 aliphatic rings. The van der Waals surface area contributed by atoms with Crippen molar-refractivity contribution in [3.05, 3.63) is 10.0 Å². The molecule has 0 spiro atoms. The number of urea groups is 1. The van der Waals surface area contributed by atoms with Crippen molar-refractivity contribution in [2.24, 2.45) is 0 Å². The zero-order chi connectivity index (χ0) is 22.2. The van der Waals surface area contributed by atoms with E-state index in [9.17, 15) is 9.59 Å². The van der Waals surface area contributed by atoms with Gasteiger partial charge in [-0.25, -0.2) is 9.59 Å². The fourth-order valence-corrected chi connectivity index (χ4v) is 5.44. The third-order valence-corrected chi connectivity index (χ3v) is 7.19. The quantitative estimate of drug-likeness (QED) is 0.630. The average Bonchev–Trinajstić information content (AvgIpc) is 3.23. The summed E-state index contributed by atoms with van der Waals surface area (Å²) >= 11 is 1.60. The second-order valence-corrected chi connectivity index (χ2v) is 10.7. The minimum atomic E-state index is -0.496. The smallest absolute Gasteiger partial charge is 0.407 e. The summed E-state index contributed by atoms with van der Waals surface area (Å²) in [6.07, 6.45) is 5.09. The number of unbranched alkanes of at least 4 members (excludes halogenated alkanes) is 1. The van der Waals surface area contributed by atoms with Crippen LogP contribution in [-0.2, 0) is 9.57 Å². The molecule has 0 unspecified atom stereocenters. The van der Waals surface area contributed by atoms with Gasteiger partial charge in [0.25, 0.3) is 0 Å². The van der Waals surface area contributed by atoms with Crippen molar-refractivity contribution in [2.45, 2.75) is 95.9 Å². The van der Waals surface area contributed by atoms with Crippen LogP contribution in [0.5, 0.6) is 0 Å². The van der Waals surface area contributed by atoms with Gasteiger partial charge in [0, 0.05) is 18.5 Å². The Morgan fingerprint density at radius 2 is 1.97 bits per heavy atom. The second-order valence-electron chi connectivity index (χ2n) is 9.68. The number of piperidine rings is 1. The summed E-state index contributed by atoms with van der Waals surface area (Å²) in [7, 11) is 0. The summed E-state index contributed by atoms with van der Waals surface area (Å²) in [6, 6.07) is 0.173. The van der Waals surface area contributed by atoms with Gasteiger partial charge in [0.15, 0.2) is 0 Å². The zero-order valence-electron chi connectivity index (χ0n) is 18.8. The highest BCUT2D eigenvalue weighted by atomic mass is 32.1. The minimum absolute atomic E-state index is 0.0227. The zero-order valence-corrected chi connectivity index (χ0v) is 19.6. The van der Waals surface area contributed by atoms with E-state index in [1.807, 2.05) is 25.7 Å². The van der Waals surface area contributed by atoms with E-state index in [1.165, 1.54) is 0 Å². The Balaban J connectivity index is 1.30. The van der Waals surface area contributed by atoms with Crippen LogP contribution in [0.15, 0.2) is 0 Å². The van der Waals surface area contributed by atoms with Crippen LogP contribution < -0.4 is 5.32 Å². The fraction of sp³-hybridized carbons (Fsp3) is 0.810. The molecule has 3 heterocycles. The normalized spacial score (nSPS) is 27.9. The Hall–Kier alpha value is -1.94. The molecular formula is C21H33N5O4S. The molecule has 3 fully saturated rings. The van der Waals surface area contributed by atoms with Gasteiger partial charge < -0.3 is 15.0 Å². The standard InChI is InChI=1S/C21H33N5O4S/c1-5-6-9-29-26-15-7-8-16(25(12-15)20(26)28)18-24-23-17(31-18)13-10-14(11-13)22-19(27)30-21(2,3)4/h13-16H,5-12H2,1-4H3,(H,22,27)/t13?,14?,15-,16-/m0/s1. The van der Waals surface area contributed by atoms with E-state index in [0.29, 0.717) is 19.1 Å². The number of hydrogen-bond acceptors (Lipinski definition) is 7. The van der Waals surface area contributed by atoms with Crippen molar-refractivity contribution < 1.29 is 19.2 Å². The topological polar surface area (TPSA) is 96.9 Å². The lowest BCUT2D eigenvalue weighted by Gasteiger charge is -2.34. The molecule has 4 rings (SSSR count). The van der Waals surface area contributed by atoms with Crippen LogP contribution in [0, 0.1) is 0 Å². The van der Waals surface area contributed by atoms with Crippen molar-refractivity contribution >= 4 is 23.5 Å². The maximum atomic E-state index is 12.8. The number of amides is 3. The summed E-state index contributed by atoms with van der Waals surface area (Å²) < 4.78 is 5.32. The third kappa shape index (κ3) is 4.95. The first-order chi connectivity index (χ1) is 14.7. The predicted octanol–water partition coefficient (Wildman–Crippen LogP) is 3.98. The lowest BCUT2D eigenvalue weighted by molar-refractivity contribution is -0.130. The molecule has 31 heavy (non-hydrogen) atoms. The lowest BCUT2D eigenvalue weighted by Crippen LogP contribution is -2.45. The van der Waals surface area contributed by atoms with E-state index in [-0.39, 0.29) is 30.2 Å². The van der Waals surface area contributed by atoms with Gasteiger partial charge in [-0.3, -0.25) is 4.84 Å². The minimum Gasteiger partial charge on any atom is -0.444 e. The highest BCUT2D eigenvalue weighted by molar-refractivity contribution is 7.11. The van der Waals surface area contributed by atoms with Crippen molar-refractivity contribution in [1.82, 2.24) is 25.5 Å². The molecule has 1 aliphatic carbocycles. The van der Waals surface area contributed by atoms with Gasteiger partial charge in [-0.2, -0.15) is 5.06 Å². The first kappa shape index (κ1) is 22.3. The van der Waals surface area contributed by atoms with Gasteiger partial charge in [0.2, 0.25) is 0 Å². The van der Waals surface area contributed by atoms with Crippen LogP contribution in [0.3, 0.4) is 0 Å². The van der Waals surface area contributed by atoms with Crippen molar-refractivity contribution in [1.29, 1.82) is 0 Å². The summed E-state index contributed by atoms with van der Waals surface area (Å²) in [4.78, 5) is 32.4. The van der Waals surface area contributed by atoms with Crippen LogP contribution in [-0.4, -0.2) is 63.1 Å². The molecule has 0 aromatic carbocycles. The molecule has 2 atom stereocenters. The number of carbonyl (C=O) groups is 2. The van der Waals surface area contributed by atoms with Gasteiger partial charge in [-0.1, -0.05) is 24.7 Å². The van der Waals surface area contributed by atoms with Gasteiger partial charge in [0.05, 0.1) is 18.7 Å². The Bertz CT molecular complexity index is 804. The van der Waals surface area contributed by atoms with Gasteiger partial charge in [0.1, 0.15) is 15.6 Å². The van der Waals surface area contributed by atoms with Crippen molar-refractivity contribution in [3.8, 4) is 0 Å². The number of aromatic nitrogens is 2. The first-order valence-electron chi connectivity index (χ1n) is 11.3. The van der Waals surface area contributed by atoms with E-state index in [4.69, 9.17) is 9.57 Å². The Morgan fingerprint density at radius 3 is 2.68 bits per heavy atom. The molecule has 2 bridgehead atoms. The average molecular weight is 452 g/mol. The van der Waals surface area contributed by atoms with E-state index < -0.39 is 5.60 Å². The molecule has 0 radical (unpaired) electrons. The number of rotatable bonds is 7. The molecule has 1 saturated carbocycles. The maximum Gasteiger partial charge on any atom is 0.407 e. The van der Waals surface area contributed by atoms with Crippen LogP contribution in [0.2, 0.25) is 0 Å². The fourth-order valence-electron chi connectivity index (χ4n) is 4.32. The van der Waals surface area contributed by atoms with Crippen LogP contribution in [0.1, 0.15) is 88.2 Å². The Labute approximate surface area is 187 Å². The number of hydrogen-bond donors (Lipinski definition) is 1. The van der Waals surface area contributed by atoms with E-state index >= 15 is 0 Å². The maximum absolute atomic E-state index is 12.8. The molecule has 9 nitrogen and oxygen atoms in total. The van der Waals surface area contributed by atoms with E-state index in [2.05, 4.69) is 22.4 Å². The molecule has 1 aromatic heterocycles. The molecule has 2 saturated heterocycles. The molecular weight excluding hydrogens is 418 g/mol. The monoisotopic (exact) mass is 451 g/mol. The highest BCUT2D eigenvalue weighted by Gasteiger charge is 2.47.